The Kier molecular flexibility index (Phi) is 2.92. The van der Waals surface area contributed by atoms with Crippen molar-refractivity contribution in [3.05, 3.63) is 23.4 Å². The average Bonchev–Trinajstić information content (AvgIpc) is 2.20. The molecule has 0 amide bonds. The zero-order valence-electron chi connectivity index (χ0n) is 8.41. The van der Waals surface area contributed by atoms with Crippen LogP contribution < -0.4 is 4.90 Å². The van der Waals surface area contributed by atoms with Gasteiger partial charge in [0.1, 0.15) is 5.82 Å². The molecule has 1 fully saturated rings. The van der Waals surface area contributed by atoms with E-state index in [2.05, 4.69) is 16.8 Å². The Hall–Kier alpha value is -0.760. The highest BCUT2D eigenvalue weighted by Crippen LogP contribution is 2.23. The highest BCUT2D eigenvalue weighted by molar-refractivity contribution is 6.30. The lowest BCUT2D eigenvalue weighted by Crippen LogP contribution is -2.37. The van der Waals surface area contributed by atoms with Gasteiger partial charge in [0.2, 0.25) is 0 Å². The molecule has 3 heteroatoms. The number of hydrogen-bond acceptors (Lipinski definition) is 2. The van der Waals surface area contributed by atoms with Crippen molar-refractivity contribution in [2.45, 2.75) is 32.2 Å². The lowest BCUT2D eigenvalue weighted by Gasteiger charge is -2.34. The summed E-state index contributed by atoms with van der Waals surface area (Å²) < 4.78 is 0. The Bertz CT molecular complexity index is 297. The minimum atomic E-state index is 0.609. The zero-order valence-corrected chi connectivity index (χ0v) is 9.17. The van der Waals surface area contributed by atoms with Crippen molar-refractivity contribution in [1.29, 1.82) is 0 Å². The standard InChI is InChI=1S/C11H15ClN2/c1-9-4-2-3-7-14(9)11-6-5-10(12)8-13-11/h5-6,8-9H,2-4,7H2,1H3/t9-/m0/s1. The monoisotopic (exact) mass is 210 g/mol. The van der Waals surface area contributed by atoms with Crippen molar-refractivity contribution in [3.8, 4) is 0 Å². The molecule has 1 aromatic heterocycles. The summed E-state index contributed by atoms with van der Waals surface area (Å²) in [7, 11) is 0. The molecule has 0 aromatic carbocycles. The number of pyridine rings is 1. The van der Waals surface area contributed by atoms with E-state index in [1.165, 1.54) is 19.3 Å². The number of halogens is 1. The molecule has 0 radical (unpaired) electrons. The van der Waals surface area contributed by atoms with Crippen molar-refractivity contribution < 1.29 is 0 Å². The first-order valence-corrected chi connectivity index (χ1v) is 5.53. The second-order valence-electron chi connectivity index (χ2n) is 3.87. The molecule has 2 nitrogen and oxygen atoms in total. The number of hydrogen-bond donors (Lipinski definition) is 0. The molecule has 1 aliphatic heterocycles. The maximum atomic E-state index is 5.81. The maximum absolute atomic E-state index is 5.81. The van der Waals surface area contributed by atoms with Crippen LogP contribution in [0.3, 0.4) is 0 Å². The van der Waals surface area contributed by atoms with Crippen LogP contribution in [0.1, 0.15) is 26.2 Å². The molecule has 0 spiro atoms. The summed E-state index contributed by atoms with van der Waals surface area (Å²) >= 11 is 5.81. The highest BCUT2D eigenvalue weighted by atomic mass is 35.5. The third kappa shape index (κ3) is 2.01. The molecule has 2 heterocycles. The third-order valence-electron chi connectivity index (χ3n) is 2.81. The summed E-state index contributed by atoms with van der Waals surface area (Å²) in [6.45, 7) is 3.38. The van der Waals surface area contributed by atoms with Crippen molar-refractivity contribution >= 4 is 17.4 Å². The van der Waals surface area contributed by atoms with Crippen molar-refractivity contribution in [2.24, 2.45) is 0 Å². The van der Waals surface area contributed by atoms with E-state index in [0.717, 1.165) is 12.4 Å². The van der Waals surface area contributed by atoms with E-state index in [1.54, 1.807) is 6.20 Å². The van der Waals surface area contributed by atoms with Crippen molar-refractivity contribution in [2.75, 3.05) is 11.4 Å². The first-order chi connectivity index (χ1) is 6.77. The Balaban J connectivity index is 2.16. The van der Waals surface area contributed by atoms with E-state index in [-0.39, 0.29) is 0 Å². The first-order valence-electron chi connectivity index (χ1n) is 5.15. The van der Waals surface area contributed by atoms with Crippen LogP contribution in [-0.2, 0) is 0 Å². The summed E-state index contributed by atoms with van der Waals surface area (Å²) in [5, 5.41) is 0.707. The number of nitrogens with zero attached hydrogens (tertiary/aromatic N) is 2. The molecule has 1 atom stereocenters. The van der Waals surface area contributed by atoms with Gasteiger partial charge in [-0.2, -0.15) is 0 Å². The van der Waals surface area contributed by atoms with Gasteiger partial charge < -0.3 is 4.90 Å². The summed E-state index contributed by atoms with van der Waals surface area (Å²) in [4.78, 5) is 6.71. The Morgan fingerprint density at radius 2 is 2.29 bits per heavy atom. The normalized spacial score (nSPS) is 22.4. The molecular formula is C11H15ClN2. The summed E-state index contributed by atoms with van der Waals surface area (Å²) in [5.74, 6) is 1.06. The second-order valence-corrected chi connectivity index (χ2v) is 4.31. The molecule has 2 rings (SSSR count). The summed E-state index contributed by atoms with van der Waals surface area (Å²) in [5.41, 5.74) is 0. The van der Waals surface area contributed by atoms with E-state index >= 15 is 0 Å². The number of aromatic nitrogens is 1. The van der Waals surface area contributed by atoms with E-state index in [0.29, 0.717) is 11.1 Å². The summed E-state index contributed by atoms with van der Waals surface area (Å²) in [6.07, 6.45) is 5.60. The predicted molar refractivity (Wildman–Crippen MR) is 59.9 cm³/mol. The van der Waals surface area contributed by atoms with Gasteiger partial charge in [0.25, 0.3) is 0 Å². The lowest BCUT2D eigenvalue weighted by atomic mass is 10.0. The Labute approximate surface area is 89.9 Å². The van der Waals surface area contributed by atoms with Crippen LogP contribution in [0.15, 0.2) is 18.3 Å². The predicted octanol–water partition coefficient (Wildman–Crippen LogP) is 3.11. The molecule has 0 N–H and O–H groups in total. The maximum Gasteiger partial charge on any atom is 0.128 e. The van der Waals surface area contributed by atoms with E-state index in [4.69, 9.17) is 11.6 Å². The van der Waals surface area contributed by atoms with Crippen molar-refractivity contribution in [1.82, 2.24) is 4.98 Å². The molecule has 1 saturated heterocycles. The quantitative estimate of drug-likeness (QED) is 0.708. The largest absolute Gasteiger partial charge is 0.354 e. The van der Waals surface area contributed by atoms with Crippen LogP contribution in [0.5, 0.6) is 0 Å². The SMILES string of the molecule is C[C@H]1CCCCN1c1ccc(Cl)cn1. The topological polar surface area (TPSA) is 16.1 Å². The van der Waals surface area contributed by atoms with Gasteiger partial charge in [-0.1, -0.05) is 11.6 Å². The fraction of sp³-hybridized carbons (Fsp3) is 0.545. The van der Waals surface area contributed by atoms with E-state index < -0.39 is 0 Å². The van der Waals surface area contributed by atoms with Crippen LogP contribution in [-0.4, -0.2) is 17.6 Å². The first kappa shape index (κ1) is 9.78. The minimum absolute atomic E-state index is 0.609. The molecule has 1 aromatic rings. The van der Waals surface area contributed by atoms with E-state index in [9.17, 15) is 0 Å². The molecule has 76 valence electrons. The highest BCUT2D eigenvalue weighted by Gasteiger charge is 2.18. The molecule has 0 unspecified atom stereocenters. The molecule has 0 saturated carbocycles. The lowest BCUT2D eigenvalue weighted by molar-refractivity contribution is 0.481. The van der Waals surface area contributed by atoms with Crippen LogP contribution in [0.4, 0.5) is 5.82 Å². The van der Waals surface area contributed by atoms with Crippen LogP contribution in [0, 0.1) is 0 Å². The molecule has 0 bridgehead atoms. The fourth-order valence-corrected chi connectivity index (χ4v) is 2.09. The van der Waals surface area contributed by atoms with Gasteiger partial charge in [0.05, 0.1) is 5.02 Å². The molecule has 14 heavy (non-hydrogen) atoms. The van der Waals surface area contributed by atoms with Gasteiger partial charge in [0, 0.05) is 18.8 Å². The summed E-state index contributed by atoms with van der Waals surface area (Å²) in [6, 6.07) is 4.52. The average molecular weight is 211 g/mol. The molecule has 1 aliphatic rings. The van der Waals surface area contributed by atoms with Crippen molar-refractivity contribution in [3.63, 3.8) is 0 Å². The van der Waals surface area contributed by atoms with Gasteiger partial charge in [-0.3, -0.25) is 0 Å². The van der Waals surface area contributed by atoms with Gasteiger partial charge in [-0.15, -0.1) is 0 Å². The van der Waals surface area contributed by atoms with Crippen LogP contribution in [0.25, 0.3) is 0 Å². The van der Waals surface area contributed by atoms with E-state index in [1.807, 2.05) is 12.1 Å². The number of piperidine rings is 1. The van der Waals surface area contributed by atoms with Gasteiger partial charge in [-0.05, 0) is 38.3 Å². The zero-order chi connectivity index (χ0) is 9.97. The van der Waals surface area contributed by atoms with Gasteiger partial charge in [0.15, 0.2) is 0 Å². The molecular weight excluding hydrogens is 196 g/mol. The second kappa shape index (κ2) is 4.18. The third-order valence-corrected chi connectivity index (χ3v) is 3.03. The Morgan fingerprint density at radius 1 is 1.43 bits per heavy atom. The fourth-order valence-electron chi connectivity index (χ4n) is 1.98. The number of anilines is 1. The van der Waals surface area contributed by atoms with Gasteiger partial charge >= 0.3 is 0 Å². The van der Waals surface area contributed by atoms with Crippen LogP contribution >= 0.6 is 11.6 Å². The minimum Gasteiger partial charge on any atom is -0.354 e. The van der Waals surface area contributed by atoms with Gasteiger partial charge in [-0.25, -0.2) is 4.98 Å². The smallest absolute Gasteiger partial charge is 0.128 e. The Morgan fingerprint density at radius 3 is 2.93 bits per heavy atom. The van der Waals surface area contributed by atoms with Crippen LogP contribution in [0.2, 0.25) is 5.02 Å². The molecule has 0 aliphatic carbocycles. The number of rotatable bonds is 1.